The standard InChI is InChI=1S/C23H23ClF3NO5/c1-5-31-21(29)17(22(30)32-6-2)12-28-18-11-15(23(25,26)27)7-8-19(18)33-16-9-13(3)20(24)14(4)10-16/h7-12,28H,5-6H2,1-4H3. The maximum atomic E-state index is 13.3. The van der Waals surface area contributed by atoms with Gasteiger partial charge in [-0.3, -0.25) is 0 Å². The lowest BCUT2D eigenvalue weighted by atomic mass is 10.1. The van der Waals surface area contributed by atoms with Crippen molar-refractivity contribution in [3.05, 3.63) is 63.8 Å². The molecule has 0 aromatic heterocycles. The van der Waals surface area contributed by atoms with Gasteiger partial charge in [-0.2, -0.15) is 13.2 Å². The molecule has 6 nitrogen and oxygen atoms in total. The predicted molar refractivity (Wildman–Crippen MR) is 117 cm³/mol. The van der Waals surface area contributed by atoms with Crippen LogP contribution in [0.3, 0.4) is 0 Å². The molecule has 0 saturated carbocycles. The van der Waals surface area contributed by atoms with Gasteiger partial charge in [0.25, 0.3) is 0 Å². The first kappa shape index (κ1) is 26.1. The lowest BCUT2D eigenvalue weighted by molar-refractivity contribution is -0.146. The zero-order valence-corrected chi connectivity index (χ0v) is 19.2. The van der Waals surface area contributed by atoms with E-state index in [0.717, 1.165) is 35.5 Å². The number of nitrogens with one attached hydrogen (secondary N) is 1. The maximum Gasteiger partial charge on any atom is 0.416 e. The fourth-order valence-corrected chi connectivity index (χ4v) is 2.88. The number of ether oxygens (including phenoxy) is 3. The first-order valence-corrected chi connectivity index (χ1v) is 10.3. The minimum Gasteiger partial charge on any atom is -0.462 e. The number of halogens is 4. The highest BCUT2D eigenvalue weighted by Gasteiger charge is 2.31. The van der Waals surface area contributed by atoms with Crippen LogP contribution in [0.15, 0.2) is 42.1 Å². The van der Waals surface area contributed by atoms with Crippen molar-refractivity contribution in [2.24, 2.45) is 0 Å². The zero-order chi connectivity index (χ0) is 24.8. The van der Waals surface area contributed by atoms with E-state index in [2.05, 4.69) is 5.32 Å². The molecule has 2 aromatic carbocycles. The van der Waals surface area contributed by atoms with E-state index in [0.29, 0.717) is 10.8 Å². The van der Waals surface area contributed by atoms with Gasteiger partial charge in [0.05, 0.1) is 24.5 Å². The molecule has 0 unspecified atom stereocenters. The topological polar surface area (TPSA) is 73.9 Å². The van der Waals surface area contributed by atoms with E-state index in [1.54, 1.807) is 39.8 Å². The maximum absolute atomic E-state index is 13.3. The Morgan fingerprint density at radius 1 is 1.00 bits per heavy atom. The van der Waals surface area contributed by atoms with E-state index >= 15 is 0 Å². The van der Waals surface area contributed by atoms with Gasteiger partial charge >= 0.3 is 18.1 Å². The molecule has 0 spiro atoms. The molecule has 0 aliphatic carbocycles. The molecule has 0 aliphatic heterocycles. The lowest BCUT2D eigenvalue weighted by Crippen LogP contribution is -2.19. The van der Waals surface area contributed by atoms with Crippen molar-refractivity contribution in [1.82, 2.24) is 0 Å². The Hall–Kier alpha value is -3.20. The van der Waals surface area contributed by atoms with Crippen LogP contribution >= 0.6 is 11.6 Å². The molecular formula is C23H23ClF3NO5. The lowest BCUT2D eigenvalue weighted by Gasteiger charge is -2.16. The van der Waals surface area contributed by atoms with E-state index < -0.39 is 29.3 Å². The van der Waals surface area contributed by atoms with Crippen LogP contribution in [0.25, 0.3) is 0 Å². The summed E-state index contributed by atoms with van der Waals surface area (Å²) in [7, 11) is 0. The van der Waals surface area contributed by atoms with Gasteiger partial charge in [0.1, 0.15) is 5.75 Å². The molecular weight excluding hydrogens is 463 g/mol. The number of alkyl halides is 3. The van der Waals surface area contributed by atoms with Crippen LogP contribution in [0.1, 0.15) is 30.5 Å². The molecule has 0 fully saturated rings. The number of carbonyl (C=O) groups excluding carboxylic acids is 2. The molecule has 178 valence electrons. The number of anilines is 1. The number of esters is 2. The van der Waals surface area contributed by atoms with E-state index in [4.69, 9.17) is 25.8 Å². The summed E-state index contributed by atoms with van der Waals surface area (Å²) in [6.45, 7) is 6.60. The third kappa shape index (κ3) is 6.89. The van der Waals surface area contributed by atoms with E-state index in [1.165, 1.54) is 0 Å². The molecule has 2 aromatic rings. The quantitative estimate of drug-likeness (QED) is 0.208. The number of benzene rings is 2. The van der Waals surface area contributed by atoms with Crippen LogP contribution < -0.4 is 10.1 Å². The largest absolute Gasteiger partial charge is 0.462 e. The highest BCUT2D eigenvalue weighted by molar-refractivity contribution is 6.32. The molecule has 33 heavy (non-hydrogen) atoms. The van der Waals surface area contributed by atoms with E-state index in [9.17, 15) is 22.8 Å². The molecule has 0 bridgehead atoms. The molecule has 0 atom stereocenters. The van der Waals surface area contributed by atoms with Gasteiger partial charge in [0, 0.05) is 11.2 Å². The van der Waals surface area contributed by atoms with Crippen molar-refractivity contribution in [1.29, 1.82) is 0 Å². The second-order valence-corrected chi connectivity index (χ2v) is 7.20. The van der Waals surface area contributed by atoms with Crippen molar-refractivity contribution in [2.75, 3.05) is 18.5 Å². The molecule has 10 heteroatoms. The van der Waals surface area contributed by atoms with Gasteiger partial charge in [-0.05, 0) is 69.2 Å². The van der Waals surface area contributed by atoms with Crippen molar-refractivity contribution < 1.29 is 37.0 Å². The number of hydrogen-bond acceptors (Lipinski definition) is 6. The fourth-order valence-electron chi connectivity index (χ4n) is 2.77. The number of carbonyl (C=O) groups is 2. The van der Waals surface area contributed by atoms with Crippen LogP contribution in [-0.4, -0.2) is 25.2 Å². The van der Waals surface area contributed by atoms with Gasteiger partial charge < -0.3 is 19.5 Å². The highest BCUT2D eigenvalue weighted by atomic mass is 35.5. The second-order valence-electron chi connectivity index (χ2n) is 6.83. The second kappa shape index (κ2) is 11.1. The van der Waals surface area contributed by atoms with Gasteiger partial charge in [0.2, 0.25) is 0 Å². The third-order valence-electron chi connectivity index (χ3n) is 4.31. The molecule has 0 amide bonds. The SMILES string of the molecule is CCOC(=O)C(=CNc1cc(C(F)(F)F)ccc1Oc1cc(C)c(Cl)c(C)c1)C(=O)OCC. The van der Waals surface area contributed by atoms with Crippen molar-refractivity contribution in [2.45, 2.75) is 33.9 Å². The first-order valence-electron chi connectivity index (χ1n) is 9.94. The van der Waals surface area contributed by atoms with Gasteiger partial charge in [0.15, 0.2) is 11.3 Å². The number of aryl methyl sites for hydroxylation is 2. The fraction of sp³-hybridized carbons (Fsp3) is 0.304. The van der Waals surface area contributed by atoms with Crippen LogP contribution in [0.2, 0.25) is 5.02 Å². The van der Waals surface area contributed by atoms with Crippen molar-refractivity contribution >= 4 is 29.2 Å². The minimum atomic E-state index is -4.63. The Morgan fingerprint density at radius 2 is 1.55 bits per heavy atom. The van der Waals surface area contributed by atoms with Crippen LogP contribution in [0.5, 0.6) is 11.5 Å². The van der Waals surface area contributed by atoms with Crippen LogP contribution in [0, 0.1) is 13.8 Å². The number of rotatable bonds is 8. The molecule has 1 N–H and O–H groups in total. The smallest absolute Gasteiger partial charge is 0.416 e. The van der Waals surface area contributed by atoms with Gasteiger partial charge in [-0.15, -0.1) is 0 Å². The van der Waals surface area contributed by atoms with E-state index in [-0.39, 0.29) is 24.7 Å². The average Bonchev–Trinajstić information content (AvgIpc) is 2.72. The highest BCUT2D eigenvalue weighted by Crippen LogP contribution is 2.38. The minimum absolute atomic E-state index is 0.0111. The zero-order valence-electron chi connectivity index (χ0n) is 18.4. The summed E-state index contributed by atoms with van der Waals surface area (Å²) in [5.41, 5.74) is -0.163. The molecule has 0 aliphatic rings. The normalized spacial score (nSPS) is 10.9. The van der Waals surface area contributed by atoms with Crippen molar-refractivity contribution in [3.63, 3.8) is 0 Å². The van der Waals surface area contributed by atoms with Crippen LogP contribution in [-0.2, 0) is 25.2 Å². The number of hydrogen-bond donors (Lipinski definition) is 1. The molecule has 2 rings (SSSR count). The summed E-state index contributed by atoms with van der Waals surface area (Å²) in [4.78, 5) is 24.3. The first-order chi connectivity index (χ1) is 15.5. The Balaban J connectivity index is 2.50. The monoisotopic (exact) mass is 485 g/mol. The van der Waals surface area contributed by atoms with Gasteiger partial charge in [-0.1, -0.05) is 11.6 Å². The van der Waals surface area contributed by atoms with Gasteiger partial charge in [-0.25, -0.2) is 9.59 Å². The summed E-state index contributed by atoms with van der Waals surface area (Å²) < 4.78 is 55.3. The summed E-state index contributed by atoms with van der Waals surface area (Å²) >= 11 is 6.16. The molecule has 0 saturated heterocycles. The van der Waals surface area contributed by atoms with Crippen LogP contribution in [0.4, 0.5) is 18.9 Å². The summed E-state index contributed by atoms with van der Waals surface area (Å²) in [5, 5.41) is 3.10. The summed E-state index contributed by atoms with van der Waals surface area (Å²) in [6, 6.07) is 6.06. The Labute approximate surface area is 194 Å². The summed E-state index contributed by atoms with van der Waals surface area (Å²) in [5.74, 6) is -1.60. The average molecular weight is 486 g/mol. The third-order valence-corrected chi connectivity index (χ3v) is 4.90. The molecule has 0 heterocycles. The predicted octanol–water partition coefficient (Wildman–Crippen LogP) is 6.19. The molecule has 0 radical (unpaired) electrons. The Kier molecular flexibility index (Phi) is 8.76. The Bertz CT molecular complexity index is 1020. The summed E-state index contributed by atoms with van der Waals surface area (Å²) in [6.07, 6.45) is -3.70. The Morgan fingerprint density at radius 3 is 2.03 bits per heavy atom. The van der Waals surface area contributed by atoms with E-state index in [1.807, 2.05) is 0 Å². The van der Waals surface area contributed by atoms with Crippen molar-refractivity contribution in [3.8, 4) is 11.5 Å².